The molecule has 1 amide bonds. The minimum absolute atomic E-state index is 0.147. The average molecular weight is 321 g/mol. The number of rotatable bonds is 7. The molecule has 5 nitrogen and oxygen atoms in total. The zero-order chi connectivity index (χ0) is 15.9. The number of esters is 1. The molecule has 0 atom stereocenters. The second-order valence-corrected chi connectivity index (χ2v) is 5.79. The molecule has 1 N–H and O–H groups in total. The van der Waals surface area contributed by atoms with Crippen molar-refractivity contribution in [2.24, 2.45) is 0 Å². The minimum Gasteiger partial charge on any atom is -0.469 e. The standard InChI is InChI=1S/C16H19NO4S/c1-3-12-10-13(16(19)20-4-2)15(22-12)17-14(18)8-7-11-6-5-9-21-11/h5-6,9-10H,3-4,7-8H2,1-2H3,(H,17,18). The van der Waals surface area contributed by atoms with Crippen molar-refractivity contribution in [1.82, 2.24) is 0 Å². The van der Waals surface area contributed by atoms with E-state index in [0.717, 1.165) is 17.1 Å². The van der Waals surface area contributed by atoms with Gasteiger partial charge >= 0.3 is 5.97 Å². The number of carbonyl (C=O) groups is 2. The Labute approximate surface area is 133 Å². The predicted molar refractivity (Wildman–Crippen MR) is 85.3 cm³/mol. The highest BCUT2D eigenvalue weighted by molar-refractivity contribution is 7.16. The van der Waals surface area contributed by atoms with Crippen molar-refractivity contribution in [3.05, 3.63) is 40.7 Å². The van der Waals surface area contributed by atoms with Crippen molar-refractivity contribution in [2.45, 2.75) is 33.1 Å². The molecule has 22 heavy (non-hydrogen) atoms. The van der Waals surface area contributed by atoms with Crippen LogP contribution in [0.25, 0.3) is 0 Å². The highest BCUT2D eigenvalue weighted by Crippen LogP contribution is 2.29. The number of hydrogen-bond acceptors (Lipinski definition) is 5. The van der Waals surface area contributed by atoms with Crippen LogP contribution in [0.15, 0.2) is 28.9 Å². The number of hydrogen-bond donors (Lipinski definition) is 1. The zero-order valence-electron chi connectivity index (χ0n) is 12.7. The summed E-state index contributed by atoms with van der Waals surface area (Å²) in [6.07, 6.45) is 3.22. The highest BCUT2D eigenvalue weighted by atomic mass is 32.1. The Morgan fingerprint density at radius 2 is 2.18 bits per heavy atom. The first-order valence-corrected chi connectivity index (χ1v) is 8.07. The van der Waals surface area contributed by atoms with Gasteiger partial charge in [-0.15, -0.1) is 11.3 Å². The van der Waals surface area contributed by atoms with Gasteiger partial charge in [0, 0.05) is 17.7 Å². The van der Waals surface area contributed by atoms with Crippen LogP contribution in [0.3, 0.4) is 0 Å². The molecule has 2 aromatic heterocycles. The normalized spacial score (nSPS) is 10.5. The van der Waals surface area contributed by atoms with Gasteiger partial charge in [-0.2, -0.15) is 0 Å². The maximum atomic E-state index is 12.0. The van der Waals surface area contributed by atoms with Gasteiger partial charge in [0.2, 0.25) is 5.91 Å². The van der Waals surface area contributed by atoms with Crippen LogP contribution in [0.5, 0.6) is 0 Å². The van der Waals surface area contributed by atoms with E-state index in [-0.39, 0.29) is 5.91 Å². The smallest absolute Gasteiger partial charge is 0.341 e. The summed E-state index contributed by atoms with van der Waals surface area (Å²) in [4.78, 5) is 25.0. The van der Waals surface area contributed by atoms with Gasteiger partial charge < -0.3 is 14.5 Å². The van der Waals surface area contributed by atoms with Gasteiger partial charge in [0.25, 0.3) is 0 Å². The van der Waals surface area contributed by atoms with Gasteiger partial charge in [0.1, 0.15) is 10.8 Å². The quantitative estimate of drug-likeness (QED) is 0.790. The average Bonchev–Trinajstić information content (AvgIpc) is 3.14. The maximum absolute atomic E-state index is 12.0. The zero-order valence-corrected chi connectivity index (χ0v) is 13.5. The topological polar surface area (TPSA) is 68.5 Å². The number of nitrogens with one attached hydrogen (secondary N) is 1. The molecule has 0 bridgehead atoms. The third-order valence-electron chi connectivity index (χ3n) is 3.06. The van der Waals surface area contributed by atoms with Crippen molar-refractivity contribution >= 4 is 28.2 Å². The fourth-order valence-corrected chi connectivity index (χ4v) is 2.95. The van der Waals surface area contributed by atoms with E-state index in [9.17, 15) is 9.59 Å². The third kappa shape index (κ3) is 4.21. The summed E-state index contributed by atoms with van der Waals surface area (Å²) in [5.41, 5.74) is 0.426. The second kappa shape index (κ2) is 7.79. The van der Waals surface area contributed by atoms with Crippen molar-refractivity contribution < 1.29 is 18.7 Å². The van der Waals surface area contributed by atoms with E-state index < -0.39 is 5.97 Å². The molecule has 0 aliphatic rings. The van der Waals surface area contributed by atoms with E-state index >= 15 is 0 Å². The van der Waals surface area contributed by atoms with Crippen LogP contribution in [0, 0.1) is 0 Å². The Morgan fingerprint density at radius 1 is 1.36 bits per heavy atom. The van der Waals surface area contributed by atoms with Crippen LogP contribution in [0.4, 0.5) is 5.00 Å². The van der Waals surface area contributed by atoms with Crippen LogP contribution >= 0.6 is 11.3 Å². The van der Waals surface area contributed by atoms with Gasteiger partial charge in [-0.3, -0.25) is 4.79 Å². The number of carbonyl (C=O) groups excluding carboxylic acids is 2. The van der Waals surface area contributed by atoms with Gasteiger partial charge in [0.05, 0.1) is 18.4 Å². The van der Waals surface area contributed by atoms with E-state index in [2.05, 4.69) is 5.32 Å². The number of aryl methyl sites for hydroxylation is 2. The van der Waals surface area contributed by atoms with Crippen molar-refractivity contribution in [2.75, 3.05) is 11.9 Å². The largest absolute Gasteiger partial charge is 0.469 e. The Hall–Kier alpha value is -2.08. The molecule has 0 radical (unpaired) electrons. The molecule has 0 saturated heterocycles. The van der Waals surface area contributed by atoms with Crippen LogP contribution in [-0.4, -0.2) is 18.5 Å². The van der Waals surface area contributed by atoms with Crippen molar-refractivity contribution in [3.8, 4) is 0 Å². The molecule has 0 unspecified atom stereocenters. The van der Waals surface area contributed by atoms with Gasteiger partial charge in [-0.1, -0.05) is 6.92 Å². The molecular formula is C16H19NO4S. The summed E-state index contributed by atoms with van der Waals surface area (Å²) < 4.78 is 10.2. The maximum Gasteiger partial charge on any atom is 0.341 e. The number of anilines is 1. The number of amides is 1. The molecular weight excluding hydrogens is 302 g/mol. The van der Waals surface area contributed by atoms with E-state index in [1.54, 1.807) is 25.3 Å². The fourth-order valence-electron chi connectivity index (χ4n) is 1.95. The highest BCUT2D eigenvalue weighted by Gasteiger charge is 2.18. The summed E-state index contributed by atoms with van der Waals surface area (Å²) in [5.74, 6) is 0.215. The molecule has 6 heteroatoms. The molecule has 0 aliphatic heterocycles. The predicted octanol–water partition coefficient (Wildman–Crippen LogP) is 3.65. The lowest BCUT2D eigenvalue weighted by molar-refractivity contribution is -0.116. The molecule has 2 rings (SSSR count). The molecule has 0 aromatic carbocycles. The Kier molecular flexibility index (Phi) is 5.77. The number of thiophene rings is 1. The van der Waals surface area contributed by atoms with E-state index in [0.29, 0.717) is 30.0 Å². The first-order valence-electron chi connectivity index (χ1n) is 7.26. The first-order chi connectivity index (χ1) is 10.6. The Morgan fingerprint density at radius 3 is 2.82 bits per heavy atom. The summed E-state index contributed by atoms with van der Waals surface area (Å²) in [6.45, 7) is 4.07. The Bertz CT molecular complexity index is 631. The van der Waals surface area contributed by atoms with Gasteiger partial charge in [0.15, 0.2) is 0 Å². The minimum atomic E-state index is -0.403. The lowest BCUT2D eigenvalue weighted by Crippen LogP contribution is -2.14. The molecule has 2 aromatic rings. The molecule has 118 valence electrons. The van der Waals surface area contributed by atoms with Crippen molar-refractivity contribution in [3.63, 3.8) is 0 Å². The first kappa shape index (κ1) is 16.3. The lowest BCUT2D eigenvalue weighted by atomic mass is 10.2. The lowest BCUT2D eigenvalue weighted by Gasteiger charge is -2.05. The van der Waals surface area contributed by atoms with Gasteiger partial charge in [-0.25, -0.2) is 4.79 Å². The SMILES string of the molecule is CCOC(=O)c1cc(CC)sc1NC(=O)CCc1ccco1. The summed E-state index contributed by atoms with van der Waals surface area (Å²) in [6, 6.07) is 5.40. The Balaban J connectivity index is 2.02. The van der Waals surface area contributed by atoms with Gasteiger partial charge in [-0.05, 0) is 31.5 Å². The molecule has 0 spiro atoms. The monoisotopic (exact) mass is 321 g/mol. The third-order valence-corrected chi connectivity index (χ3v) is 4.25. The van der Waals surface area contributed by atoms with Crippen LogP contribution < -0.4 is 5.32 Å². The molecule has 0 aliphatic carbocycles. The molecule has 2 heterocycles. The van der Waals surface area contributed by atoms with E-state index in [1.807, 2.05) is 13.0 Å². The summed E-state index contributed by atoms with van der Waals surface area (Å²) >= 11 is 1.41. The molecule has 0 saturated carbocycles. The van der Waals surface area contributed by atoms with Crippen LogP contribution in [0.1, 0.15) is 41.3 Å². The summed E-state index contributed by atoms with van der Waals surface area (Å²) in [5, 5.41) is 3.36. The van der Waals surface area contributed by atoms with E-state index in [4.69, 9.17) is 9.15 Å². The number of furan rings is 1. The number of ether oxygens (including phenoxy) is 1. The van der Waals surface area contributed by atoms with E-state index in [1.165, 1.54) is 11.3 Å². The second-order valence-electron chi connectivity index (χ2n) is 4.66. The van der Waals surface area contributed by atoms with Crippen molar-refractivity contribution in [1.29, 1.82) is 0 Å². The van der Waals surface area contributed by atoms with Crippen LogP contribution in [0.2, 0.25) is 0 Å². The summed E-state index contributed by atoms with van der Waals surface area (Å²) in [7, 11) is 0. The molecule has 0 fully saturated rings. The van der Waals surface area contributed by atoms with Crippen LogP contribution in [-0.2, 0) is 22.4 Å². The fraction of sp³-hybridized carbons (Fsp3) is 0.375.